The number of aromatic nitrogens is 2. The smallest absolute Gasteiger partial charge is 0.150 e. The first kappa shape index (κ1) is 12.4. The van der Waals surface area contributed by atoms with Gasteiger partial charge in [-0.3, -0.25) is 0 Å². The van der Waals surface area contributed by atoms with Gasteiger partial charge in [-0.2, -0.15) is 0 Å². The number of nitrogens with one attached hydrogen (secondary N) is 1. The minimum Gasteiger partial charge on any atom is -0.382 e. The number of rotatable bonds is 3. The van der Waals surface area contributed by atoms with Gasteiger partial charge in [-0.25, -0.2) is 9.97 Å². The van der Waals surface area contributed by atoms with Crippen molar-refractivity contribution in [2.75, 3.05) is 30.7 Å². The summed E-state index contributed by atoms with van der Waals surface area (Å²) in [5, 5.41) is 3.77. The molecule has 0 spiro atoms. The number of nitrogens with zero attached hydrogens (tertiary/aromatic N) is 3. The van der Waals surface area contributed by atoms with Gasteiger partial charge in [-0.1, -0.05) is 18.5 Å². The van der Waals surface area contributed by atoms with E-state index in [1.165, 1.54) is 19.3 Å². The zero-order chi connectivity index (χ0) is 12.3. The van der Waals surface area contributed by atoms with E-state index in [4.69, 9.17) is 17.3 Å². The Hall–Kier alpha value is -1.07. The molecule has 1 aliphatic heterocycles. The fraction of sp³-hybridized carbons (Fsp3) is 0.636. The molecule has 6 heteroatoms. The number of anilines is 2. The minimum absolute atomic E-state index is 0.326. The highest BCUT2D eigenvalue weighted by Gasteiger charge is 2.20. The number of nitrogens with two attached hydrogens (primary N) is 1. The van der Waals surface area contributed by atoms with E-state index in [1.807, 2.05) is 0 Å². The third-order valence-corrected chi connectivity index (χ3v) is 3.48. The Morgan fingerprint density at radius 3 is 3.18 bits per heavy atom. The largest absolute Gasteiger partial charge is 0.382 e. The molecule has 1 aliphatic rings. The molecule has 2 heterocycles. The molecule has 0 saturated carbocycles. The summed E-state index contributed by atoms with van der Waals surface area (Å²) in [7, 11) is 0. The highest BCUT2D eigenvalue weighted by Crippen LogP contribution is 2.25. The van der Waals surface area contributed by atoms with Gasteiger partial charge in [0.2, 0.25) is 0 Å². The van der Waals surface area contributed by atoms with E-state index in [-0.39, 0.29) is 0 Å². The summed E-state index contributed by atoms with van der Waals surface area (Å²) in [6.07, 6.45) is 3.77. The van der Waals surface area contributed by atoms with Crippen LogP contribution in [0.4, 0.5) is 11.6 Å². The molecule has 1 atom stereocenters. The average molecular weight is 256 g/mol. The normalized spacial score (nSPS) is 21.4. The van der Waals surface area contributed by atoms with Crippen LogP contribution in [0.25, 0.3) is 0 Å². The lowest BCUT2D eigenvalue weighted by Crippen LogP contribution is -2.42. The summed E-state index contributed by atoms with van der Waals surface area (Å²) in [6.45, 7) is 5.46. The van der Waals surface area contributed by atoms with Crippen LogP contribution in [-0.4, -0.2) is 40.5 Å². The number of hydrogen-bond acceptors (Lipinski definition) is 5. The highest BCUT2D eigenvalue weighted by molar-refractivity contribution is 6.35. The maximum Gasteiger partial charge on any atom is 0.150 e. The van der Waals surface area contributed by atoms with Crippen LogP contribution in [0.5, 0.6) is 0 Å². The molecule has 1 fully saturated rings. The van der Waals surface area contributed by atoms with Crippen LogP contribution in [0.3, 0.4) is 0 Å². The van der Waals surface area contributed by atoms with E-state index in [2.05, 4.69) is 27.1 Å². The van der Waals surface area contributed by atoms with Gasteiger partial charge in [-0.05, 0) is 25.9 Å². The molecule has 17 heavy (non-hydrogen) atoms. The standard InChI is InChI=1S/C11H18ClN5/c1-2-17-5-3-4-8(6-17)16-11-9(12)10(13)14-7-15-11/h7-8H,2-6H2,1H3,(H3,13,14,15,16). The van der Waals surface area contributed by atoms with Gasteiger partial charge >= 0.3 is 0 Å². The Morgan fingerprint density at radius 1 is 1.59 bits per heavy atom. The summed E-state index contributed by atoms with van der Waals surface area (Å²) in [4.78, 5) is 10.4. The van der Waals surface area contributed by atoms with Crippen molar-refractivity contribution in [2.24, 2.45) is 0 Å². The molecule has 0 bridgehead atoms. The third-order valence-electron chi connectivity index (χ3n) is 3.11. The number of piperidine rings is 1. The van der Waals surface area contributed by atoms with Crippen LogP contribution < -0.4 is 11.1 Å². The SMILES string of the molecule is CCN1CCCC(Nc2ncnc(N)c2Cl)C1. The first-order chi connectivity index (χ1) is 8.20. The molecule has 1 aromatic rings. The molecule has 1 unspecified atom stereocenters. The lowest BCUT2D eigenvalue weighted by atomic mass is 10.1. The van der Waals surface area contributed by atoms with Crippen molar-refractivity contribution in [3.63, 3.8) is 0 Å². The molecule has 1 saturated heterocycles. The molecule has 0 aliphatic carbocycles. The van der Waals surface area contributed by atoms with Crippen molar-refractivity contribution in [3.05, 3.63) is 11.3 Å². The van der Waals surface area contributed by atoms with Crippen LogP contribution in [0, 0.1) is 0 Å². The number of likely N-dealkylation sites (tertiary alicyclic amines) is 1. The Kier molecular flexibility index (Phi) is 4.02. The van der Waals surface area contributed by atoms with E-state index in [0.29, 0.717) is 22.7 Å². The molecular weight excluding hydrogens is 238 g/mol. The van der Waals surface area contributed by atoms with Gasteiger partial charge in [0.15, 0.2) is 5.82 Å². The lowest BCUT2D eigenvalue weighted by molar-refractivity contribution is 0.226. The van der Waals surface area contributed by atoms with Crippen LogP contribution in [0.1, 0.15) is 19.8 Å². The first-order valence-electron chi connectivity index (χ1n) is 5.95. The maximum absolute atomic E-state index is 6.06. The van der Waals surface area contributed by atoms with E-state index < -0.39 is 0 Å². The molecule has 0 radical (unpaired) electrons. The summed E-state index contributed by atoms with van der Waals surface area (Å²) in [5.41, 5.74) is 5.65. The molecule has 0 amide bonds. The average Bonchev–Trinajstić information content (AvgIpc) is 2.35. The van der Waals surface area contributed by atoms with Gasteiger partial charge in [0.1, 0.15) is 17.2 Å². The predicted molar refractivity (Wildman–Crippen MR) is 70.2 cm³/mol. The second-order valence-corrected chi connectivity index (χ2v) is 4.68. The molecule has 0 aromatic carbocycles. The molecule has 5 nitrogen and oxygen atoms in total. The second kappa shape index (κ2) is 5.51. The zero-order valence-electron chi connectivity index (χ0n) is 9.99. The lowest BCUT2D eigenvalue weighted by Gasteiger charge is -2.32. The zero-order valence-corrected chi connectivity index (χ0v) is 10.7. The number of likely N-dealkylation sites (N-methyl/N-ethyl adjacent to an activating group) is 1. The van der Waals surface area contributed by atoms with Gasteiger partial charge in [0.05, 0.1) is 0 Å². The quantitative estimate of drug-likeness (QED) is 0.859. The van der Waals surface area contributed by atoms with E-state index in [1.54, 1.807) is 0 Å². The fourth-order valence-electron chi connectivity index (χ4n) is 2.14. The van der Waals surface area contributed by atoms with Gasteiger partial charge in [0.25, 0.3) is 0 Å². The molecular formula is C11H18ClN5. The summed E-state index contributed by atoms with van der Waals surface area (Å²) in [5.74, 6) is 0.967. The van der Waals surface area contributed by atoms with Crippen LogP contribution >= 0.6 is 11.6 Å². The van der Waals surface area contributed by atoms with Crippen LogP contribution in [0.15, 0.2) is 6.33 Å². The second-order valence-electron chi connectivity index (χ2n) is 4.30. The van der Waals surface area contributed by atoms with Crippen molar-refractivity contribution in [1.82, 2.24) is 14.9 Å². The van der Waals surface area contributed by atoms with E-state index >= 15 is 0 Å². The van der Waals surface area contributed by atoms with E-state index in [9.17, 15) is 0 Å². The van der Waals surface area contributed by atoms with Crippen LogP contribution in [0.2, 0.25) is 5.02 Å². The maximum atomic E-state index is 6.06. The number of halogens is 1. The van der Waals surface area contributed by atoms with Gasteiger partial charge in [0, 0.05) is 12.6 Å². The summed E-state index contributed by atoms with van der Waals surface area (Å²) < 4.78 is 0. The van der Waals surface area contributed by atoms with E-state index in [0.717, 1.165) is 19.5 Å². The van der Waals surface area contributed by atoms with Crippen molar-refractivity contribution in [3.8, 4) is 0 Å². The summed E-state index contributed by atoms with van der Waals surface area (Å²) >= 11 is 6.06. The van der Waals surface area contributed by atoms with Crippen LogP contribution in [-0.2, 0) is 0 Å². The first-order valence-corrected chi connectivity index (χ1v) is 6.33. The number of nitrogen functional groups attached to an aromatic ring is 1. The summed E-state index contributed by atoms with van der Waals surface area (Å²) in [6, 6.07) is 0.385. The predicted octanol–water partition coefficient (Wildman–Crippen LogP) is 1.61. The fourth-order valence-corrected chi connectivity index (χ4v) is 2.29. The van der Waals surface area contributed by atoms with Crippen molar-refractivity contribution in [2.45, 2.75) is 25.8 Å². The van der Waals surface area contributed by atoms with Crippen molar-refractivity contribution >= 4 is 23.2 Å². The molecule has 1 aromatic heterocycles. The van der Waals surface area contributed by atoms with Gasteiger partial charge in [-0.15, -0.1) is 0 Å². The Morgan fingerprint density at radius 2 is 2.41 bits per heavy atom. The van der Waals surface area contributed by atoms with Crippen molar-refractivity contribution in [1.29, 1.82) is 0 Å². The Labute approximate surface area is 106 Å². The molecule has 2 rings (SSSR count). The number of hydrogen-bond donors (Lipinski definition) is 2. The third kappa shape index (κ3) is 2.98. The Bertz CT molecular complexity index is 384. The van der Waals surface area contributed by atoms with Crippen molar-refractivity contribution < 1.29 is 0 Å². The molecule has 94 valence electrons. The Balaban J connectivity index is 2.02. The van der Waals surface area contributed by atoms with Gasteiger partial charge < -0.3 is 16.0 Å². The highest BCUT2D eigenvalue weighted by atomic mass is 35.5. The monoisotopic (exact) mass is 255 g/mol. The minimum atomic E-state index is 0.326. The topological polar surface area (TPSA) is 67.1 Å². The molecule has 3 N–H and O–H groups in total.